The van der Waals surface area contributed by atoms with Crippen LogP contribution >= 0.6 is 0 Å². The van der Waals surface area contributed by atoms with Crippen molar-refractivity contribution in [3.63, 3.8) is 0 Å². The molecule has 0 spiro atoms. The van der Waals surface area contributed by atoms with Gasteiger partial charge >= 0.3 is 0 Å². The Bertz CT molecular complexity index is 818. The van der Waals surface area contributed by atoms with Gasteiger partial charge in [-0.05, 0) is 24.5 Å². The summed E-state index contributed by atoms with van der Waals surface area (Å²) < 4.78 is 33.4. The lowest BCUT2D eigenvalue weighted by atomic mass is 10.0. The zero-order valence-corrected chi connectivity index (χ0v) is 16.6. The summed E-state index contributed by atoms with van der Waals surface area (Å²) >= 11 is 0. The van der Waals surface area contributed by atoms with Gasteiger partial charge in [-0.2, -0.15) is 0 Å². The molecule has 0 aliphatic carbocycles. The average Bonchev–Trinajstić information content (AvgIpc) is 2.68. The fourth-order valence-electron chi connectivity index (χ4n) is 3.40. The van der Waals surface area contributed by atoms with Gasteiger partial charge in [0.05, 0.1) is 19.0 Å². The van der Waals surface area contributed by atoms with Gasteiger partial charge < -0.3 is 4.74 Å². The third-order valence-electron chi connectivity index (χ3n) is 4.91. The minimum absolute atomic E-state index is 0.0142. The van der Waals surface area contributed by atoms with Crippen LogP contribution in [0.15, 0.2) is 54.6 Å². The number of benzene rings is 2. The van der Waals surface area contributed by atoms with Crippen LogP contribution in [0.1, 0.15) is 22.7 Å². The van der Waals surface area contributed by atoms with Gasteiger partial charge in [0.25, 0.3) is 0 Å². The molecule has 1 atom stereocenters. The monoisotopic (exact) mass is 388 g/mol. The van der Waals surface area contributed by atoms with Gasteiger partial charge in [-0.3, -0.25) is 4.90 Å². The minimum atomic E-state index is -3.34. The van der Waals surface area contributed by atoms with Crippen molar-refractivity contribution in [1.82, 2.24) is 9.62 Å². The van der Waals surface area contributed by atoms with Gasteiger partial charge in [-0.1, -0.05) is 60.2 Å². The van der Waals surface area contributed by atoms with Crippen LogP contribution < -0.4 is 4.72 Å². The van der Waals surface area contributed by atoms with Crippen molar-refractivity contribution in [1.29, 1.82) is 0 Å². The molecule has 1 heterocycles. The molecular formula is C21H28N2O3S. The number of nitrogens with one attached hydrogen (secondary N) is 1. The highest BCUT2D eigenvalue weighted by Gasteiger charge is 2.24. The fourth-order valence-corrected chi connectivity index (χ4v) is 4.46. The van der Waals surface area contributed by atoms with E-state index in [4.69, 9.17) is 4.74 Å². The van der Waals surface area contributed by atoms with Gasteiger partial charge in [-0.15, -0.1) is 0 Å². The smallest absolute Gasteiger partial charge is 0.211 e. The number of nitrogens with zero attached hydrogens (tertiary/aromatic N) is 1. The predicted molar refractivity (Wildman–Crippen MR) is 108 cm³/mol. The summed E-state index contributed by atoms with van der Waals surface area (Å²) in [6.45, 7) is 5.42. The quantitative estimate of drug-likeness (QED) is 0.755. The summed E-state index contributed by atoms with van der Waals surface area (Å²) in [5.74, 6) is 0.0979. The highest BCUT2D eigenvalue weighted by atomic mass is 32.2. The second-order valence-electron chi connectivity index (χ2n) is 6.98. The predicted octanol–water partition coefficient (Wildman–Crippen LogP) is 2.53. The summed E-state index contributed by atoms with van der Waals surface area (Å²) in [6.07, 6.45) is 0.517. The van der Waals surface area contributed by atoms with E-state index in [-0.39, 0.29) is 11.8 Å². The van der Waals surface area contributed by atoms with Crippen LogP contribution in [0.5, 0.6) is 0 Å². The topological polar surface area (TPSA) is 58.6 Å². The Labute approximate surface area is 162 Å². The van der Waals surface area contributed by atoms with Crippen LogP contribution in [0.25, 0.3) is 0 Å². The minimum Gasteiger partial charge on any atom is -0.379 e. The van der Waals surface area contributed by atoms with E-state index in [1.165, 1.54) is 5.56 Å². The Morgan fingerprint density at radius 3 is 2.52 bits per heavy atom. The largest absolute Gasteiger partial charge is 0.379 e. The second-order valence-corrected chi connectivity index (χ2v) is 8.91. The summed E-state index contributed by atoms with van der Waals surface area (Å²) in [4.78, 5) is 2.30. The fraction of sp³-hybridized carbons (Fsp3) is 0.429. The van der Waals surface area contributed by atoms with Crippen molar-refractivity contribution in [3.05, 3.63) is 71.3 Å². The zero-order chi connectivity index (χ0) is 19.1. The van der Waals surface area contributed by atoms with E-state index in [2.05, 4.69) is 34.7 Å². The molecule has 0 saturated carbocycles. The van der Waals surface area contributed by atoms with Crippen LogP contribution in [-0.4, -0.2) is 51.9 Å². The standard InChI is InChI=1S/C21H28N2O3S/c1-18-6-5-9-20(16-18)21(23-11-13-26-14-12-23)17-22-27(24,25)15-10-19-7-3-2-4-8-19/h2-9,16,21-22H,10-15,17H2,1H3. The third kappa shape index (κ3) is 6.14. The Hall–Kier alpha value is -1.73. The maximum atomic E-state index is 12.5. The molecule has 27 heavy (non-hydrogen) atoms. The SMILES string of the molecule is Cc1cccc(C(CNS(=O)(=O)CCc2ccccc2)N2CCOCC2)c1. The van der Waals surface area contributed by atoms with Gasteiger partial charge in [-0.25, -0.2) is 13.1 Å². The molecule has 2 aromatic rings. The number of hydrogen-bond donors (Lipinski definition) is 1. The Morgan fingerprint density at radius 2 is 1.81 bits per heavy atom. The number of morpholine rings is 1. The molecule has 1 saturated heterocycles. The molecule has 1 aliphatic rings. The van der Waals surface area contributed by atoms with E-state index in [0.717, 1.165) is 24.2 Å². The number of rotatable bonds is 8. The number of aryl methyl sites for hydroxylation is 2. The first-order valence-corrected chi connectivity index (χ1v) is 11.1. The van der Waals surface area contributed by atoms with Crippen LogP contribution in [0.2, 0.25) is 0 Å². The molecule has 6 heteroatoms. The lowest BCUT2D eigenvalue weighted by molar-refractivity contribution is 0.0172. The third-order valence-corrected chi connectivity index (χ3v) is 6.26. The molecule has 2 aromatic carbocycles. The Kier molecular flexibility index (Phi) is 7.01. The number of ether oxygens (including phenoxy) is 1. The molecule has 1 aliphatic heterocycles. The lowest BCUT2D eigenvalue weighted by Crippen LogP contribution is -2.44. The molecule has 5 nitrogen and oxygen atoms in total. The first-order chi connectivity index (χ1) is 13.0. The summed E-state index contributed by atoms with van der Waals surface area (Å²) in [6, 6.07) is 18.0. The first kappa shape index (κ1) is 20.0. The molecule has 0 bridgehead atoms. The molecule has 1 fully saturated rings. The zero-order valence-electron chi connectivity index (χ0n) is 15.8. The van der Waals surface area contributed by atoms with E-state index in [1.54, 1.807) is 0 Å². The molecular weight excluding hydrogens is 360 g/mol. The van der Waals surface area contributed by atoms with Crippen LogP contribution in [0.3, 0.4) is 0 Å². The Balaban J connectivity index is 1.66. The first-order valence-electron chi connectivity index (χ1n) is 9.43. The van der Waals surface area contributed by atoms with Gasteiger partial charge in [0.2, 0.25) is 10.0 Å². The van der Waals surface area contributed by atoms with E-state index < -0.39 is 10.0 Å². The molecule has 1 N–H and O–H groups in total. The van der Waals surface area contributed by atoms with E-state index in [9.17, 15) is 8.42 Å². The van der Waals surface area contributed by atoms with Crippen molar-refractivity contribution < 1.29 is 13.2 Å². The summed E-state index contributed by atoms with van der Waals surface area (Å²) in [5.41, 5.74) is 3.35. The normalized spacial score (nSPS) is 16.9. The highest BCUT2D eigenvalue weighted by Crippen LogP contribution is 2.22. The van der Waals surface area contributed by atoms with Gasteiger partial charge in [0, 0.05) is 25.7 Å². The van der Waals surface area contributed by atoms with Crippen LogP contribution in [0, 0.1) is 6.92 Å². The summed E-state index contributed by atoms with van der Waals surface area (Å²) in [7, 11) is -3.34. The highest BCUT2D eigenvalue weighted by molar-refractivity contribution is 7.89. The van der Waals surface area contributed by atoms with Crippen molar-refractivity contribution >= 4 is 10.0 Å². The molecule has 0 amide bonds. The maximum absolute atomic E-state index is 12.5. The number of sulfonamides is 1. The Morgan fingerprint density at radius 1 is 1.07 bits per heavy atom. The van der Waals surface area contributed by atoms with E-state index in [1.807, 2.05) is 36.4 Å². The van der Waals surface area contributed by atoms with Crippen molar-refractivity contribution in [2.75, 3.05) is 38.6 Å². The number of hydrogen-bond acceptors (Lipinski definition) is 4. The molecule has 0 aromatic heterocycles. The van der Waals surface area contributed by atoms with Crippen LogP contribution in [-0.2, 0) is 21.2 Å². The van der Waals surface area contributed by atoms with Gasteiger partial charge in [0.15, 0.2) is 0 Å². The van der Waals surface area contributed by atoms with Gasteiger partial charge in [0.1, 0.15) is 0 Å². The second kappa shape index (κ2) is 9.46. The van der Waals surface area contributed by atoms with Crippen molar-refractivity contribution in [2.24, 2.45) is 0 Å². The molecule has 146 valence electrons. The van der Waals surface area contributed by atoms with Crippen molar-refractivity contribution in [3.8, 4) is 0 Å². The lowest BCUT2D eigenvalue weighted by Gasteiger charge is -2.35. The maximum Gasteiger partial charge on any atom is 0.211 e. The molecule has 0 radical (unpaired) electrons. The summed E-state index contributed by atoms with van der Waals surface area (Å²) in [5, 5.41) is 0. The van der Waals surface area contributed by atoms with Crippen molar-refractivity contribution in [2.45, 2.75) is 19.4 Å². The van der Waals surface area contributed by atoms with E-state index in [0.29, 0.717) is 26.2 Å². The van der Waals surface area contributed by atoms with E-state index >= 15 is 0 Å². The van der Waals surface area contributed by atoms with Crippen LogP contribution in [0.4, 0.5) is 0 Å². The molecule has 3 rings (SSSR count). The average molecular weight is 389 g/mol. The molecule has 1 unspecified atom stereocenters.